The zero-order valence-electron chi connectivity index (χ0n) is 35.2. The number of carboxylic acid groups (broad SMARTS) is 1. The summed E-state index contributed by atoms with van der Waals surface area (Å²) in [5.74, 6) is -2.94. The summed E-state index contributed by atoms with van der Waals surface area (Å²) < 4.78 is 11.4. The molecular formula is C47H53N5O9. The van der Waals surface area contributed by atoms with Crippen molar-refractivity contribution in [1.29, 1.82) is 0 Å². The fraction of sp³-hybridized carbons (Fsp3) is 0.362. The Hall–Kier alpha value is -6.70. The number of ether oxygens (including phenoxy) is 2. The predicted molar refractivity (Wildman–Crippen MR) is 229 cm³/mol. The molecule has 1 saturated heterocycles. The second kappa shape index (κ2) is 19.6. The van der Waals surface area contributed by atoms with Crippen LogP contribution in [0.2, 0.25) is 0 Å². The highest BCUT2D eigenvalue weighted by molar-refractivity contribution is 5.97. The second-order valence-electron chi connectivity index (χ2n) is 15.5. The van der Waals surface area contributed by atoms with Crippen LogP contribution in [-0.2, 0) is 36.8 Å². The van der Waals surface area contributed by atoms with Gasteiger partial charge in [0.15, 0.2) is 0 Å². The first-order chi connectivity index (χ1) is 29.3. The van der Waals surface area contributed by atoms with E-state index in [1.54, 1.807) is 48.5 Å². The highest BCUT2D eigenvalue weighted by Crippen LogP contribution is 2.40. The maximum absolute atomic E-state index is 14.4. The van der Waals surface area contributed by atoms with Crippen LogP contribution in [0.25, 0.3) is 22.3 Å². The molecule has 1 fully saturated rings. The largest absolute Gasteiger partial charge is 0.496 e. The molecule has 14 nitrogen and oxygen atoms in total. The molecule has 4 atom stereocenters. The van der Waals surface area contributed by atoms with Gasteiger partial charge in [-0.05, 0) is 90.4 Å². The van der Waals surface area contributed by atoms with Crippen LogP contribution in [0, 0.1) is 0 Å². The smallest absolute Gasteiger partial charge is 0.326 e. The van der Waals surface area contributed by atoms with Crippen LogP contribution < -0.4 is 25.4 Å². The van der Waals surface area contributed by atoms with Gasteiger partial charge in [-0.15, -0.1) is 0 Å². The summed E-state index contributed by atoms with van der Waals surface area (Å²) in [7, 11) is 4.46. The summed E-state index contributed by atoms with van der Waals surface area (Å²) >= 11 is 0. The molecule has 2 aliphatic rings. The Morgan fingerprint density at radius 2 is 1.49 bits per heavy atom. The van der Waals surface area contributed by atoms with E-state index < -0.39 is 47.9 Å². The van der Waals surface area contributed by atoms with E-state index >= 15 is 0 Å². The SMILES string of the molecule is CCCc1ccc(-c2ccc(C(=O)NCCC(=O)N3CCC[C@@H]3C(=O)N(C)[C@@H]3C(=O)N[C@@H](C)C(=O)N[C@H](C(=O)O)Cc4ccc(OC)c(c4)-c4cc3ccc4OC)cc2)cc1. The van der Waals surface area contributed by atoms with Gasteiger partial charge < -0.3 is 40.3 Å². The average molecular weight is 832 g/mol. The van der Waals surface area contributed by atoms with Gasteiger partial charge in [-0.2, -0.15) is 0 Å². The highest BCUT2D eigenvalue weighted by atomic mass is 16.5. The van der Waals surface area contributed by atoms with Gasteiger partial charge in [0.25, 0.3) is 5.91 Å². The fourth-order valence-corrected chi connectivity index (χ4v) is 8.02. The number of carbonyl (C=O) groups excluding carboxylic acids is 5. The number of likely N-dealkylation sites (N-methyl/N-ethyl adjacent to an activating group) is 1. The number of nitrogens with one attached hydrogen (secondary N) is 3. The lowest BCUT2D eigenvalue weighted by atomic mass is 9.93. The zero-order valence-corrected chi connectivity index (χ0v) is 35.2. The van der Waals surface area contributed by atoms with Crippen LogP contribution in [0.15, 0.2) is 84.9 Å². The van der Waals surface area contributed by atoms with Crippen molar-refractivity contribution in [2.24, 2.45) is 0 Å². The number of likely N-dealkylation sites (tertiary alicyclic amines) is 1. The zero-order chi connectivity index (χ0) is 43.8. The minimum Gasteiger partial charge on any atom is -0.496 e. The van der Waals surface area contributed by atoms with Gasteiger partial charge in [-0.25, -0.2) is 4.79 Å². The van der Waals surface area contributed by atoms with Gasteiger partial charge in [0.2, 0.25) is 23.6 Å². The molecule has 2 aliphatic heterocycles. The van der Waals surface area contributed by atoms with Crippen LogP contribution in [-0.4, -0.2) is 103 Å². The maximum atomic E-state index is 14.4. The van der Waals surface area contributed by atoms with Crippen molar-refractivity contribution in [3.63, 3.8) is 0 Å². The predicted octanol–water partition coefficient (Wildman–Crippen LogP) is 4.93. The lowest BCUT2D eigenvalue weighted by Crippen LogP contribution is -2.54. The number of methoxy groups -OCH3 is 2. The quantitative estimate of drug-likeness (QED) is 0.154. The molecule has 0 spiro atoms. The third kappa shape index (κ3) is 10.0. The summed E-state index contributed by atoms with van der Waals surface area (Å²) in [6.07, 6.45) is 2.91. The molecule has 4 N–H and O–H groups in total. The molecule has 2 heterocycles. The van der Waals surface area contributed by atoms with Gasteiger partial charge in [-0.3, -0.25) is 24.0 Å². The Morgan fingerprint density at radius 3 is 2.13 bits per heavy atom. The second-order valence-corrected chi connectivity index (χ2v) is 15.5. The molecule has 5 amide bonds. The molecule has 320 valence electrons. The number of fused-ring (bicyclic) bond motifs is 5. The van der Waals surface area contributed by atoms with Crippen molar-refractivity contribution in [3.8, 4) is 33.8 Å². The van der Waals surface area contributed by atoms with Gasteiger partial charge in [0.05, 0.1) is 14.2 Å². The van der Waals surface area contributed by atoms with Crippen LogP contribution >= 0.6 is 0 Å². The van der Waals surface area contributed by atoms with E-state index in [4.69, 9.17) is 9.47 Å². The first kappa shape index (κ1) is 43.9. The van der Waals surface area contributed by atoms with Crippen molar-refractivity contribution < 1.29 is 43.3 Å². The molecule has 0 aromatic heterocycles. The highest BCUT2D eigenvalue weighted by Gasteiger charge is 2.40. The van der Waals surface area contributed by atoms with E-state index in [1.165, 1.54) is 43.6 Å². The number of carboxylic acids is 1. The van der Waals surface area contributed by atoms with E-state index in [2.05, 4.69) is 47.1 Å². The molecule has 4 aromatic rings. The molecular weight excluding hydrogens is 779 g/mol. The van der Waals surface area contributed by atoms with Crippen molar-refractivity contribution in [2.45, 2.75) is 76.5 Å². The Bertz CT molecular complexity index is 2280. The Balaban J connectivity index is 1.19. The standard InChI is InChI=1S/C47H53N5O9/c1-6-8-29-10-13-31(14-11-29)32-15-17-33(18-16-32)44(55)48-23-22-41(53)52-24-7-9-38(52)46(57)51(3)42-34-19-21-40(61-5)36(27-34)35-25-30(12-20-39(35)60-4)26-37(47(58)59)50-43(54)28(2)49-45(42)56/h10-21,25,27-28,37-38,42H,6-9,22-24,26H2,1-5H3,(H,48,55)(H,49,56)(H,50,54)(H,58,59)/t28-,37-,38+,42-/m0/s1. The number of aliphatic carboxylic acids is 1. The van der Waals surface area contributed by atoms with E-state index in [9.17, 15) is 33.9 Å². The van der Waals surface area contributed by atoms with Crippen molar-refractivity contribution in [1.82, 2.24) is 25.8 Å². The van der Waals surface area contributed by atoms with E-state index in [-0.39, 0.29) is 31.2 Å². The molecule has 0 aliphatic carbocycles. The number of benzene rings is 4. The van der Waals surface area contributed by atoms with Gasteiger partial charge in [0.1, 0.15) is 35.7 Å². The number of hydrogen-bond donors (Lipinski definition) is 4. The number of hydrogen-bond acceptors (Lipinski definition) is 8. The molecule has 0 saturated carbocycles. The Labute approximate surface area is 355 Å². The molecule has 4 aromatic carbocycles. The number of aryl methyl sites for hydroxylation is 1. The lowest BCUT2D eigenvalue weighted by molar-refractivity contribution is -0.147. The van der Waals surface area contributed by atoms with E-state index in [0.717, 1.165) is 24.0 Å². The normalized spacial score (nSPS) is 18.9. The van der Waals surface area contributed by atoms with Crippen molar-refractivity contribution in [2.75, 3.05) is 34.4 Å². The number of nitrogens with zero attached hydrogens (tertiary/aromatic N) is 2. The number of amides is 5. The Kier molecular flexibility index (Phi) is 14.1. The number of carbonyl (C=O) groups is 6. The number of rotatable bonds is 12. The first-order valence-electron chi connectivity index (χ1n) is 20.6. The topological polar surface area (TPSA) is 184 Å². The third-order valence-corrected chi connectivity index (χ3v) is 11.3. The first-order valence-corrected chi connectivity index (χ1v) is 20.6. The van der Waals surface area contributed by atoms with Crippen LogP contribution in [0.4, 0.5) is 0 Å². The minimum absolute atomic E-state index is 0.0436. The van der Waals surface area contributed by atoms with Gasteiger partial charge in [-0.1, -0.05) is 61.9 Å². The van der Waals surface area contributed by atoms with Gasteiger partial charge >= 0.3 is 5.97 Å². The Morgan fingerprint density at radius 1 is 0.852 bits per heavy atom. The summed E-state index contributed by atoms with van der Waals surface area (Å²) in [5, 5.41) is 18.0. The maximum Gasteiger partial charge on any atom is 0.326 e. The molecule has 14 heteroatoms. The molecule has 0 unspecified atom stereocenters. The minimum atomic E-state index is -1.31. The summed E-state index contributed by atoms with van der Waals surface area (Å²) in [5.41, 5.74) is 5.82. The average Bonchev–Trinajstić information content (AvgIpc) is 3.76. The fourth-order valence-electron chi connectivity index (χ4n) is 8.02. The van der Waals surface area contributed by atoms with E-state index in [0.29, 0.717) is 58.7 Å². The van der Waals surface area contributed by atoms with Crippen LogP contribution in [0.1, 0.15) is 72.6 Å². The summed E-state index contributed by atoms with van der Waals surface area (Å²) in [4.78, 5) is 83.7. The third-order valence-electron chi connectivity index (χ3n) is 11.3. The lowest BCUT2D eigenvalue weighted by Gasteiger charge is -2.34. The van der Waals surface area contributed by atoms with E-state index in [1.807, 2.05) is 12.1 Å². The molecule has 61 heavy (non-hydrogen) atoms. The summed E-state index contributed by atoms with van der Waals surface area (Å²) in [6, 6.07) is 21.2. The van der Waals surface area contributed by atoms with Crippen molar-refractivity contribution >= 4 is 35.5 Å². The molecule has 4 bridgehead atoms. The van der Waals surface area contributed by atoms with Crippen molar-refractivity contribution in [3.05, 3.63) is 107 Å². The monoisotopic (exact) mass is 831 g/mol. The van der Waals surface area contributed by atoms with Gasteiger partial charge in [0, 0.05) is 49.7 Å². The molecule has 0 radical (unpaired) electrons. The van der Waals surface area contributed by atoms with Crippen LogP contribution in [0.5, 0.6) is 11.5 Å². The summed E-state index contributed by atoms with van der Waals surface area (Å²) in [6.45, 7) is 3.95. The molecule has 6 rings (SSSR count). The van der Waals surface area contributed by atoms with Crippen LogP contribution in [0.3, 0.4) is 0 Å².